The van der Waals surface area contributed by atoms with Gasteiger partial charge in [0, 0.05) is 49.7 Å². The monoisotopic (exact) mass is 972 g/mol. The van der Waals surface area contributed by atoms with Gasteiger partial charge in [-0.2, -0.15) is 16.8 Å². The fourth-order valence-corrected chi connectivity index (χ4v) is 8.03. The predicted octanol–water partition coefficient (Wildman–Crippen LogP) is 12.0. The second-order valence-corrected chi connectivity index (χ2v) is 16.9. The maximum atomic E-state index is 9.00. The minimum Gasteiger partial charge on any atom is -0.510 e. The SMILES string of the molecule is [2H]c1c([2H])c([2H])c(-c2cccc(-c3c([2H])c([2H])c([2H])c([2H])c3[2H])c2-[n+]2[c-]n3c(n2)C(C)(C)C(C)(C)c2ccc(Oc4[c-]c5c(cc4)c4ccccc4n5-c4cc(C(C)(C)C)ccn4)[c-]c2-3)c([2H])c1[2H].[Pt]. The Morgan fingerprint density at radius 2 is 1.37 bits per heavy atom. The molecule has 4 heterocycles. The summed E-state index contributed by atoms with van der Waals surface area (Å²) in [5.41, 5.74) is 2.91. The van der Waals surface area contributed by atoms with Crippen LogP contribution in [0, 0.1) is 18.5 Å². The zero-order valence-corrected chi connectivity index (χ0v) is 36.3. The molecule has 0 N–H and O–H groups in total. The van der Waals surface area contributed by atoms with Crippen molar-refractivity contribution in [3.63, 3.8) is 0 Å². The van der Waals surface area contributed by atoms with Gasteiger partial charge >= 0.3 is 0 Å². The summed E-state index contributed by atoms with van der Waals surface area (Å²) < 4.78 is 98.7. The molecule has 300 valence electrons. The van der Waals surface area contributed by atoms with Crippen molar-refractivity contribution in [2.45, 2.75) is 64.7 Å². The average molecular weight is 973 g/mol. The summed E-state index contributed by atoms with van der Waals surface area (Å²) in [5, 5.41) is 7.18. The molecule has 1 aliphatic rings. The van der Waals surface area contributed by atoms with E-state index in [0.717, 1.165) is 38.8 Å². The van der Waals surface area contributed by atoms with Crippen LogP contribution in [-0.2, 0) is 37.3 Å². The van der Waals surface area contributed by atoms with E-state index in [9.17, 15) is 0 Å². The molecule has 10 rings (SSSR count). The molecule has 1 aliphatic heterocycles. The third-order valence-corrected chi connectivity index (χ3v) is 11.9. The third-order valence-electron chi connectivity index (χ3n) is 11.9. The second-order valence-electron chi connectivity index (χ2n) is 16.9. The number of para-hydroxylation sites is 2. The van der Waals surface area contributed by atoms with Gasteiger partial charge in [0.05, 0.1) is 19.4 Å². The van der Waals surface area contributed by atoms with Crippen molar-refractivity contribution >= 4 is 21.8 Å². The van der Waals surface area contributed by atoms with Crippen LogP contribution in [0.25, 0.3) is 61.3 Å². The van der Waals surface area contributed by atoms with Crippen LogP contribution in [0.4, 0.5) is 0 Å². The van der Waals surface area contributed by atoms with Gasteiger partial charge < -0.3 is 13.9 Å². The first-order valence-corrected chi connectivity index (χ1v) is 19.4. The maximum Gasteiger partial charge on any atom is 0.271 e. The van der Waals surface area contributed by atoms with Crippen LogP contribution in [-0.4, -0.2) is 19.2 Å². The number of ether oxygens (including phenoxy) is 1. The summed E-state index contributed by atoms with van der Waals surface area (Å²) in [6.07, 6.45) is 5.19. The summed E-state index contributed by atoms with van der Waals surface area (Å²) in [6, 6.07) is 26.4. The van der Waals surface area contributed by atoms with Crippen LogP contribution in [0.2, 0.25) is 0 Å². The number of hydrogen-bond acceptors (Lipinski definition) is 3. The van der Waals surface area contributed by atoms with Crippen molar-refractivity contribution in [3.8, 4) is 50.9 Å². The van der Waals surface area contributed by atoms with E-state index < -0.39 is 71.3 Å². The zero-order valence-electron chi connectivity index (χ0n) is 44.0. The summed E-state index contributed by atoms with van der Waals surface area (Å²) in [6.45, 7) is 14.8. The van der Waals surface area contributed by atoms with E-state index in [4.69, 9.17) is 28.5 Å². The van der Waals surface area contributed by atoms with Crippen molar-refractivity contribution in [3.05, 3.63) is 181 Å². The Labute approximate surface area is 380 Å². The standard InChI is InChI=1S/C53H45N5O.Pt/c1-51(2,3)37-29-30-54-48(31-37)58-45-24-15-14-21-42(45)43-27-25-38(32-46(43)58)59-39-26-28-44-47(33-39)56-34-57(55-50(56)53(6,7)52(44,4)5)49-40(35-17-10-8-11-18-35)22-16-23-41(49)36-19-12-9-13-20-36;/h8-31H,1-7H3;/q-2;/i8D,9D,10D,11D,12D,13D,17D,18D,19D,20D;. The van der Waals surface area contributed by atoms with Gasteiger partial charge in [-0.05, 0) is 56.8 Å². The van der Waals surface area contributed by atoms with Crippen LogP contribution < -0.4 is 9.42 Å². The van der Waals surface area contributed by atoms with Crippen molar-refractivity contribution in [2.24, 2.45) is 0 Å². The Kier molecular flexibility index (Phi) is 7.08. The maximum absolute atomic E-state index is 9.00. The Bertz CT molecular complexity index is 3520. The summed E-state index contributed by atoms with van der Waals surface area (Å²) in [5.74, 6) is 2.07. The van der Waals surface area contributed by atoms with E-state index in [1.165, 1.54) is 4.68 Å². The molecular weight excluding hydrogens is 918 g/mol. The van der Waals surface area contributed by atoms with Crippen LogP contribution in [0.3, 0.4) is 0 Å². The topological polar surface area (TPSA) is 48.8 Å². The molecule has 7 heteroatoms. The van der Waals surface area contributed by atoms with Gasteiger partial charge in [0.1, 0.15) is 5.82 Å². The Morgan fingerprint density at radius 3 is 2.05 bits per heavy atom. The van der Waals surface area contributed by atoms with Crippen LogP contribution in [0.1, 0.15) is 79.1 Å². The second kappa shape index (κ2) is 14.6. The van der Waals surface area contributed by atoms with Gasteiger partial charge in [-0.1, -0.05) is 162 Å². The van der Waals surface area contributed by atoms with Crippen molar-refractivity contribution < 1.29 is 44.2 Å². The molecule has 0 saturated carbocycles. The van der Waals surface area contributed by atoms with Gasteiger partial charge in [-0.15, -0.1) is 40.3 Å². The molecule has 9 aromatic rings. The number of aromatic nitrogens is 5. The Morgan fingerprint density at radius 1 is 0.717 bits per heavy atom. The summed E-state index contributed by atoms with van der Waals surface area (Å²) in [4.78, 5) is 4.81. The summed E-state index contributed by atoms with van der Waals surface area (Å²) in [7, 11) is 0. The van der Waals surface area contributed by atoms with Crippen molar-refractivity contribution in [2.75, 3.05) is 0 Å². The molecule has 0 saturated heterocycles. The minimum atomic E-state index is -0.717. The van der Waals surface area contributed by atoms with Crippen LogP contribution >= 0.6 is 0 Å². The van der Waals surface area contributed by atoms with Crippen molar-refractivity contribution in [1.29, 1.82) is 0 Å². The van der Waals surface area contributed by atoms with E-state index in [1.807, 2.05) is 62.5 Å². The molecule has 0 radical (unpaired) electrons. The molecule has 3 aromatic heterocycles. The van der Waals surface area contributed by atoms with Crippen LogP contribution in [0.5, 0.6) is 11.5 Å². The molecule has 6 nitrogen and oxygen atoms in total. The minimum absolute atomic E-state index is 0. The predicted molar refractivity (Wildman–Crippen MR) is 236 cm³/mol. The fraction of sp³-hybridized carbons (Fsp3) is 0.189. The zero-order chi connectivity index (χ0) is 49.4. The molecule has 6 aromatic carbocycles. The number of rotatable bonds is 6. The largest absolute Gasteiger partial charge is 0.510 e. The summed E-state index contributed by atoms with van der Waals surface area (Å²) >= 11 is 0. The molecule has 0 unspecified atom stereocenters. The van der Waals surface area contributed by atoms with E-state index in [-0.39, 0.29) is 54.4 Å². The average Bonchev–Trinajstić information content (AvgIpc) is 3.92. The number of fused-ring (bicyclic) bond motifs is 6. The first kappa shape index (κ1) is 29.2. The molecule has 60 heavy (non-hydrogen) atoms. The van der Waals surface area contributed by atoms with Gasteiger partial charge in [-0.3, -0.25) is 0 Å². The molecular formula is C53H45N5OPt-2. The number of pyridine rings is 1. The van der Waals surface area contributed by atoms with Gasteiger partial charge in [0.25, 0.3) is 6.33 Å². The molecule has 0 amide bonds. The molecule has 0 bridgehead atoms. The van der Waals surface area contributed by atoms with E-state index >= 15 is 0 Å². The normalized spacial score (nSPS) is 16.4. The number of hydrogen-bond donors (Lipinski definition) is 0. The van der Waals surface area contributed by atoms with Crippen LogP contribution in [0.15, 0.2) is 145 Å². The van der Waals surface area contributed by atoms with Gasteiger partial charge in [0.2, 0.25) is 0 Å². The molecule has 0 atom stereocenters. The number of benzene rings is 6. The van der Waals surface area contributed by atoms with Gasteiger partial charge in [-0.25, -0.2) is 4.98 Å². The fourth-order valence-electron chi connectivity index (χ4n) is 8.03. The van der Waals surface area contributed by atoms with E-state index in [2.05, 4.69) is 75.8 Å². The first-order valence-electron chi connectivity index (χ1n) is 24.4. The Balaban J connectivity index is 0.00000608. The number of nitrogens with zero attached hydrogens (tertiary/aromatic N) is 5. The quantitative estimate of drug-likeness (QED) is 0.123. The first-order chi connectivity index (χ1) is 32.5. The van der Waals surface area contributed by atoms with E-state index in [0.29, 0.717) is 23.0 Å². The molecule has 0 spiro atoms. The molecule has 0 fully saturated rings. The Hall–Kier alpha value is -6.10. The van der Waals surface area contributed by atoms with E-state index in [1.54, 1.807) is 22.8 Å². The smallest absolute Gasteiger partial charge is 0.271 e. The third kappa shape index (κ3) is 6.32. The van der Waals surface area contributed by atoms with Crippen molar-refractivity contribution in [1.82, 2.24) is 19.2 Å². The molecule has 0 aliphatic carbocycles. The van der Waals surface area contributed by atoms with Gasteiger partial charge in [0.15, 0.2) is 5.82 Å².